The Morgan fingerprint density at radius 3 is 2.52 bits per heavy atom. The number of allylic oxidation sites excluding steroid dienone is 1. The van der Waals surface area contributed by atoms with Crippen LogP contribution in [0.3, 0.4) is 0 Å². The summed E-state index contributed by atoms with van der Waals surface area (Å²) in [5, 5.41) is 9.17. The Morgan fingerprint density at radius 2 is 1.79 bits per heavy atom. The fourth-order valence-electron chi connectivity index (χ4n) is 5.41. The summed E-state index contributed by atoms with van der Waals surface area (Å²) in [5.74, 6) is -2.24. The number of nitrogens with one attached hydrogen (secondary N) is 3. The number of benzene rings is 1. The number of hydrazine groups is 1. The standard InChI is InChI=1S/C32H43N5O5/c1-6-9-22-10-7-11-26-17-25-16-23(13-14-24(25)18-33-26)20(4)34-29(38)27-12-8-15-37(36-27)31(40)21(5)35-30(39)28(19(2)3)42-32(22)41/h7,11,13-14,16-22,27-28,36H,6,8-10,12,15H2,1-5H3,(H,34,38)(H,35,39)/t20-,21+,22-,27+,28+/m1/s1. The molecule has 0 unspecified atom stereocenters. The number of amides is 3. The summed E-state index contributed by atoms with van der Waals surface area (Å²) >= 11 is 0. The minimum absolute atomic E-state index is 0.203. The fourth-order valence-corrected chi connectivity index (χ4v) is 5.41. The van der Waals surface area contributed by atoms with Gasteiger partial charge in [-0.05, 0) is 74.6 Å². The molecule has 0 spiro atoms. The minimum atomic E-state index is -1.04. The van der Waals surface area contributed by atoms with E-state index >= 15 is 0 Å². The number of hydrogen-bond acceptors (Lipinski definition) is 7. The molecule has 2 aliphatic rings. The van der Waals surface area contributed by atoms with E-state index in [9.17, 15) is 19.2 Å². The molecular weight excluding hydrogens is 534 g/mol. The molecule has 2 aliphatic heterocycles. The predicted octanol–water partition coefficient (Wildman–Crippen LogP) is 3.81. The van der Waals surface area contributed by atoms with Crippen LogP contribution in [0.1, 0.15) is 84.0 Å². The number of carbonyl (C=O) groups is 4. The van der Waals surface area contributed by atoms with Gasteiger partial charge in [0.15, 0.2) is 6.10 Å². The van der Waals surface area contributed by atoms with Crippen molar-refractivity contribution in [3.63, 3.8) is 0 Å². The fraction of sp³-hybridized carbons (Fsp3) is 0.531. The zero-order valence-electron chi connectivity index (χ0n) is 25.2. The van der Waals surface area contributed by atoms with Crippen LogP contribution < -0.4 is 16.1 Å². The van der Waals surface area contributed by atoms with Gasteiger partial charge in [0, 0.05) is 18.1 Å². The Hall–Kier alpha value is -3.79. The van der Waals surface area contributed by atoms with Gasteiger partial charge >= 0.3 is 5.97 Å². The lowest BCUT2D eigenvalue weighted by Gasteiger charge is -2.35. The molecule has 4 rings (SSSR count). The molecule has 42 heavy (non-hydrogen) atoms. The van der Waals surface area contributed by atoms with Crippen molar-refractivity contribution in [2.24, 2.45) is 11.8 Å². The van der Waals surface area contributed by atoms with Gasteiger partial charge in [0.1, 0.15) is 12.1 Å². The van der Waals surface area contributed by atoms with Crippen molar-refractivity contribution < 1.29 is 23.9 Å². The van der Waals surface area contributed by atoms with Crippen LogP contribution in [-0.4, -0.2) is 58.4 Å². The lowest BCUT2D eigenvalue weighted by atomic mass is 9.98. The average molecular weight is 578 g/mol. The van der Waals surface area contributed by atoms with E-state index in [1.807, 2.05) is 56.5 Å². The van der Waals surface area contributed by atoms with E-state index in [-0.39, 0.29) is 23.8 Å². The van der Waals surface area contributed by atoms with Gasteiger partial charge in [-0.15, -0.1) is 0 Å². The molecule has 226 valence electrons. The highest BCUT2D eigenvalue weighted by Gasteiger charge is 2.34. The molecule has 1 saturated heterocycles. The van der Waals surface area contributed by atoms with Crippen LogP contribution in [0, 0.1) is 11.8 Å². The maximum absolute atomic E-state index is 13.3. The molecule has 3 N–H and O–H groups in total. The maximum Gasteiger partial charge on any atom is 0.310 e. The van der Waals surface area contributed by atoms with Crippen LogP contribution in [0.15, 0.2) is 36.5 Å². The molecule has 1 aromatic heterocycles. The second-order valence-corrected chi connectivity index (χ2v) is 11.7. The number of aromatic nitrogens is 1. The molecule has 3 heterocycles. The Morgan fingerprint density at radius 1 is 1.02 bits per heavy atom. The zero-order chi connectivity index (χ0) is 30.4. The molecule has 2 aromatic rings. The highest BCUT2D eigenvalue weighted by molar-refractivity contribution is 5.91. The van der Waals surface area contributed by atoms with Crippen LogP contribution in [0.25, 0.3) is 16.8 Å². The SMILES string of the molecule is CCC[C@@H]1CC=Cc2cc3cc(ccc3cn2)[C@@H](C)NC(=O)[C@@H]2CCCN(N2)C(=O)[C@H](C)NC(=O)[C@H](C(C)C)OC1=O. The monoisotopic (exact) mass is 577 g/mol. The third-order valence-corrected chi connectivity index (χ3v) is 7.91. The molecule has 1 fully saturated rings. The van der Waals surface area contributed by atoms with E-state index in [2.05, 4.69) is 21.0 Å². The summed E-state index contributed by atoms with van der Waals surface area (Å²) in [6.07, 6.45) is 7.63. The third kappa shape index (κ3) is 7.53. The van der Waals surface area contributed by atoms with Gasteiger partial charge in [-0.25, -0.2) is 5.43 Å². The van der Waals surface area contributed by atoms with Crippen molar-refractivity contribution in [1.82, 2.24) is 26.1 Å². The van der Waals surface area contributed by atoms with Gasteiger partial charge in [0.2, 0.25) is 5.91 Å². The van der Waals surface area contributed by atoms with Crippen molar-refractivity contribution in [1.29, 1.82) is 0 Å². The van der Waals surface area contributed by atoms with Gasteiger partial charge in [0.25, 0.3) is 11.8 Å². The summed E-state index contributed by atoms with van der Waals surface area (Å²) in [6, 6.07) is 6.26. The summed E-state index contributed by atoms with van der Waals surface area (Å²) in [5.41, 5.74) is 4.75. The van der Waals surface area contributed by atoms with Crippen LogP contribution in [0.5, 0.6) is 0 Å². The smallest absolute Gasteiger partial charge is 0.310 e. The largest absolute Gasteiger partial charge is 0.452 e. The number of pyridine rings is 1. The molecule has 0 aliphatic carbocycles. The van der Waals surface area contributed by atoms with Gasteiger partial charge in [-0.1, -0.05) is 45.4 Å². The van der Waals surface area contributed by atoms with Crippen molar-refractivity contribution >= 4 is 40.5 Å². The Kier molecular flexibility index (Phi) is 10.3. The van der Waals surface area contributed by atoms with Crippen molar-refractivity contribution in [2.75, 3.05) is 6.54 Å². The van der Waals surface area contributed by atoms with Gasteiger partial charge < -0.3 is 15.4 Å². The Bertz CT molecular complexity index is 1340. The van der Waals surface area contributed by atoms with E-state index in [0.29, 0.717) is 32.2 Å². The minimum Gasteiger partial charge on any atom is -0.452 e. The number of rotatable bonds is 3. The van der Waals surface area contributed by atoms with Crippen LogP contribution in [-0.2, 0) is 23.9 Å². The highest BCUT2D eigenvalue weighted by Crippen LogP contribution is 2.23. The lowest BCUT2D eigenvalue weighted by Crippen LogP contribution is -2.61. The summed E-state index contributed by atoms with van der Waals surface area (Å²) in [6.45, 7) is 9.54. The number of nitrogens with zero attached hydrogens (tertiary/aromatic N) is 2. The number of ether oxygens (including phenoxy) is 1. The van der Waals surface area contributed by atoms with E-state index in [4.69, 9.17) is 4.74 Å². The van der Waals surface area contributed by atoms with Crippen LogP contribution >= 0.6 is 0 Å². The Balaban J connectivity index is 1.66. The predicted molar refractivity (Wildman–Crippen MR) is 161 cm³/mol. The normalized spacial score (nSPS) is 26.5. The van der Waals surface area contributed by atoms with Crippen LogP contribution in [0.2, 0.25) is 0 Å². The molecule has 10 nitrogen and oxygen atoms in total. The molecule has 1 aromatic carbocycles. The molecule has 10 heteroatoms. The number of carbonyl (C=O) groups excluding carboxylic acids is 4. The first-order valence-corrected chi connectivity index (χ1v) is 15.0. The molecule has 0 saturated carbocycles. The second-order valence-electron chi connectivity index (χ2n) is 11.7. The van der Waals surface area contributed by atoms with E-state index in [0.717, 1.165) is 28.5 Å². The molecule has 3 amide bonds. The highest BCUT2D eigenvalue weighted by atomic mass is 16.5. The van der Waals surface area contributed by atoms with Gasteiger partial charge in [-0.3, -0.25) is 29.2 Å². The molecular formula is C32H43N5O5. The van der Waals surface area contributed by atoms with Gasteiger partial charge in [-0.2, -0.15) is 0 Å². The quantitative estimate of drug-likeness (QED) is 0.473. The summed E-state index contributed by atoms with van der Waals surface area (Å²) in [4.78, 5) is 57.5. The van der Waals surface area contributed by atoms with E-state index < -0.39 is 36.0 Å². The average Bonchev–Trinajstić information content (AvgIpc) is 2.97. The Labute approximate surface area is 247 Å². The van der Waals surface area contributed by atoms with Gasteiger partial charge in [0.05, 0.1) is 17.7 Å². The number of hydrogen-bond donors (Lipinski definition) is 3. The zero-order valence-corrected chi connectivity index (χ0v) is 25.2. The maximum atomic E-state index is 13.3. The molecule has 0 radical (unpaired) electrons. The second kappa shape index (κ2) is 13.9. The number of cyclic esters (lactones) is 1. The lowest BCUT2D eigenvalue weighted by molar-refractivity contribution is -0.163. The summed E-state index contributed by atoms with van der Waals surface area (Å²) < 4.78 is 5.76. The first-order chi connectivity index (χ1) is 20.1. The summed E-state index contributed by atoms with van der Waals surface area (Å²) in [7, 11) is 0. The number of fused-ring (bicyclic) bond motifs is 4. The first kappa shape index (κ1) is 31.2. The first-order valence-electron chi connectivity index (χ1n) is 15.0. The van der Waals surface area contributed by atoms with Crippen LogP contribution in [0.4, 0.5) is 0 Å². The topological polar surface area (TPSA) is 130 Å². The molecule has 5 atom stereocenters. The van der Waals surface area contributed by atoms with Crippen molar-refractivity contribution in [3.8, 4) is 0 Å². The van der Waals surface area contributed by atoms with E-state index in [1.54, 1.807) is 20.8 Å². The number of esters is 1. The van der Waals surface area contributed by atoms with Crippen molar-refractivity contribution in [2.45, 2.75) is 91.0 Å². The molecule has 5 bridgehead atoms. The third-order valence-electron chi connectivity index (χ3n) is 7.91. The van der Waals surface area contributed by atoms with E-state index in [1.165, 1.54) is 5.01 Å². The van der Waals surface area contributed by atoms with Crippen molar-refractivity contribution in [3.05, 3.63) is 47.8 Å².